The fraction of sp³-hybridized carbons (Fsp3) is 0.851. The second kappa shape index (κ2) is 63.5. The summed E-state index contributed by atoms with van der Waals surface area (Å²) < 4.78 is 68.3. The van der Waals surface area contributed by atoms with Crippen LogP contribution in [0.5, 0.6) is 0 Å². The largest absolute Gasteiger partial charge is 0.394 e. The van der Waals surface area contributed by atoms with Crippen molar-refractivity contribution in [2.45, 2.75) is 260 Å². The van der Waals surface area contributed by atoms with Gasteiger partial charge in [0.15, 0.2) is 18.9 Å². The minimum Gasteiger partial charge on any atom is -0.394 e. The number of amides is 11. The summed E-state index contributed by atoms with van der Waals surface area (Å²) in [6.45, 7) is 4.13. The van der Waals surface area contributed by atoms with E-state index in [1.807, 2.05) is 0 Å². The predicted molar refractivity (Wildman–Crippen MR) is 418 cm³/mol. The Kier molecular flexibility index (Phi) is 58.0. The van der Waals surface area contributed by atoms with Crippen LogP contribution in [-0.4, -0.2) is 352 Å². The molecule has 2 fully saturated rings. The summed E-state index contributed by atoms with van der Waals surface area (Å²) >= 11 is 0. The maximum atomic E-state index is 13.9. The van der Waals surface area contributed by atoms with Crippen LogP contribution in [0, 0.1) is 0 Å². The molecular weight excluding hydrogens is 1590 g/mol. The SMILES string of the molecule is CC(=O)N[C@@H]1C(OCCCCC(=O)NCCCNC(=O)CCOCC(COCCC(=O)NCCCNC(=O)CCCCOC2OC(CO)C(O)C(O)[C@@H]2NC(C)=O)(COCCC(=O)NCCCNC(=O)CCCCOC(OC(CO)[C@@H](C)O)[C@H](CO)NC(C)=O)NC(=O)CCCC(=O)NCCCCCCOP(C)(=O)O)OC(CO)C(O)C1O. The van der Waals surface area contributed by atoms with E-state index in [0.29, 0.717) is 83.6 Å². The van der Waals surface area contributed by atoms with Gasteiger partial charge in [-0.1, -0.05) is 12.8 Å². The van der Waals surface area contributed by atoms with E-state index in [-0.39, 0.29) is 187 Å². The van der Waals surface area contributed by atoms with Crippen molar-refractivity contribution in [2.24, 2.45) is 0 Å². The van der Waals surface area contributed by atoms with Gasteiger partial charge in [-0.3, -0.25) is 57.3 Å². The van der Waals surface area contributed by atoms with Gasteiger partial charge >= 0.3 is 7.60 Å². The first kappa shape index (κ1) is 108. The van der Waals surface area contributed by atoms with Gasteiger partial charge in [0.25, 0.3) is 0 Å². The molecule has 0 spiro atoms. The standard InChI is InChI=1S/C74H136N11O32P/c1-49(90)54(43-87)115-71(53(42-86)82-50(2)91)111-35-13-8-20-57(94)76-29-17-32-79-61(98)25-39-108-46-74(85-64(101)24-16-23-60(97)75-28-11-6-7-12-38-114-118(5,106)107,47-109-40-26-62(99)80-33-18-30-77-58(95)21-9-14-36-112-72-65(83-51(3)92)69(104)67(102)55(44-88)116-72)48-110-41-27-63(100)81-34-19-31-78-59(96)22-10-15-37-113-73-66(84-52(4)93)70(105)68(103)56(45-89)117-73/h49,53-56,65-73,86-90,102-105H,6-48H2,1-5H3,(H,75,97)(H,76,94)(H,77,95)(H,78,96)(H,79,98)(H,80,99)(H,81,100)(H,82,91)(H,83,92)(H,84,93)(H,85,101)(H,106,107)/t49-,53+,54?,55?,56?,65+,66+,67?,68?,69?,70?,71?,72?,73?,74?/m1/s1. The van der Waals surface area contributed by atoms with E-state index in [9.17, 15) is 108 Å². The average molecular weight is 1720 g/mol. The molecule has 0 aromatic heterocycles. The highest BCUT2D eigenvalue weighted by molar-refractivity contribution is 7.51. The van der Waals surface area contributed by atoms with E-state index in [1.165, 1.54) is 27.7 Å². The fourth-order valence-corrected chi connectivity index (χ4v) is 12.2. The molecule has 44 heteroatoms. The zero-order valence-corrected chi connectivity index (χ0v) is 69.8. The lowest BCUT2D eigenvalue weighted by Gasteiger charge is -2.42. The number of aliphatic hydroxyl groups is 9. The van der Waals surface area contributed by atoms with Crippen molar-refractivity contribution in [3.8, 4) is 0 Å². The van der Waals surface area contributed by atoms with Gasteiger partial charge in [-0.15, -0.1) is 0 Å². The summed E-state index contributed by atoms with van der Waals surface area (Å²) in [5.74, 6) is -4.40. The third-order valence-electron chi connectivity index (χ3n) is 18.2. The van der Waals surface area contributed by atoms with Crippen molar-refractivity contribution in [1.82, 2.24) is 58.5 Å². The molecule has 0 radical (unpaired) electrons. The maximum absolute atomic E-state index is 13.9. The number of carbonyl (C=O) groups excluding carboxylic acids is 11. The lowest BCUT2D eigenvalue weighted by molar-refractivity contribution is -0.270. The molecule has 2 aliphatic rings. The molecular formula is C74H136N11O32P. The molecule has 21 N–H and O–H groups in total. The van der Waals surface area contributed by atoms with Gasteiger partial charge in [0.2, 0.25) is 65.0 Å². The van der Waals surface area contributed by atoms with E-state index in [2.05, 4.69) is 58.5 Å². The third-order valence-corrected chi connectivity index (χ3v) is 18.8. The van der Waals surface area contributed by atoms with Gasteiger partial charge in [-0.25, -0.2) is 0 Å². The summed E-state index contributed by atoms with van der Waals surface area (Å²) in [6, 6.07) is -3.22. The lowest BCUT2D eigenvalue weighted by atomic mass is 9.97. The number of ether oxygens (including phenoxy) is 9. The smallest absolute Gasteiger partial charge is 0.325 e. The van der Waals surface area contributed by atoms with Gasteiger partial charge in [-0.2, -0.15) is 0 Å². The van der Waals surface area contributed by atoms with E-state index < -0.39 is 167 Å². The second-order valence-electron chi connectivity index (χ2n) is 29.0. The van der Waals surface area contributed by atoms with Crippen molar-refractivity contribution in [3.63, 3.8) is 0 Å². The monoisotopic (exact) mass is 1720 g/mol. The summed E-state index contributed by atoms with van der Waals surface area (Å²) in [5.41, 5.74) is -1.53. The Balaban J connectivity index is 2.09. The van der Waals surface area contributed by atoms with Crippen molar-refractivity contribution >= 4 is 72.6 Å². The lowest BCUT2D eigenvalue weighted by Crippen LogP contribution is -2.64. The van der Waals surface area contributed by atoms with Gasteiger partial charge in [0.1, 0.15) is 66.4 Å². The highest BCUT2D eigenvalue weighted by Crippen LogP contribution is 2.36. The summed E-state index contributed by atoms with van der Waals surface area (Å²) in [7, 11) is -3.58. The highest BCUT2D eigenvalue weighted by Gasteiger charge is 2.47. The molecule has 11 amide bonds. The number of carbonyl (C=O) groups is 11. The van der Waals surface area contributed by atoms with E-state index in [1.54, 1.807) is 0 Å². The maximum Gasteiger partial charge on any atom is 0.325 e. The molecule has 0 aromatic rings. The van der Waals surface area contributed by atoms with Gasteiger partial charge in [-0.05, 0) is 84.0 Å². The molecule has 0 aromatic carbocycles. The Morgan fingerprint density at radius 1 is 0.424 bits per heavy atom. The topological polar surface area (TPSA) is 632 Å². The normalized spacial score (nSPS) is 21.2. The van der Waals surface area contributed by atoms with Crippen molar-refractivity contribution < 1.29 is 155 Å². The van der Waals surface area contributed by atoms with Crippen molar-refractivity contribution in [3.05, 3.63) is 0 Å². The van der Waals surface area contributed by atoms with Gasteiger partial charge < -0.3 is 156 Å². The molecule has 2 rings (SSSR count). The molecule has 43 nitrogen and oxygen atoms in total. The van der Waals surface area contributed by atoms with Crippen LogP contribution in [0.25, 0.3) is 0 Å². The van der Waals surface area contributed by atoms with Crippen LogP contribution in [0.15, 0.2) is 0 Å². The minimum atomic E-state index is -3.58. The summed E-state index contributed by atoms with van der Waals surface area (Å²) in [6.07, 6.45) is -8.14. The molecule has 2 heterocycles. The molecule has 0 aliphatic carbocycles. The molecule has 0 saturated carbocycles. The number of rotatable bonds is 69. The van der Waals surface area contributed by atoms with Crippen LogP contribution in [0.1, 0.15) is 169 Å². The Hall–Kier alpha value is -6.40. The van der Waals surface area contributed by atoms with E-state index in [0.717, 1.165) is 13.1 Å². The highest BCUT2D eigenvalue weighted by atomic mass is 31.2. The Labute approximate surface area is 689 Å². The number of aliphatic hydroxyl groups excluding tert-OH is 9. The third kappa shape index (κ3) is 50.1. The molecule has 11 unspecified atom stereocenters. The Morgan fingerprint density at radius 2 is 0.780 bits per heavy atom. The summed E-state index contributed by atoms with van der Waals surface area (Å²) in [5, 5.41) is 120. The van der Waals surface area contributed by atoms with E-state index in [4.69, 9.17) is 47.2 Å². The van der Waals surface area contributed by atoms with Gasteiger partial charge in [0.05, 0.1) is 78.8 Å². The minimum absolute atomic E-state index is 0.0191. The zero-order chi connectivity index (χ0) is 87.7. The predicted octanol–water partition coefficient (Wildman–Crippen LogP) is -5.36. The molecule has 684 valence electrons. The van der Waals surface area contributed by atoms with Crippen molar-refractivity contribution in [1.29, 1.82) is 0 Å². The van der Waals surface area contributed by atoms with Crippen LogP contribution in [0.4, 0.5) is 0 Å². The first-order chi connectivity index (χ1) is 56.3. The van der Waals surface area contributed by atoms with Crippen molar-refractivity contribution in [2.75, 3.05) is 145 Å². The van der Waals surface area contributed by atoms with Gasteiger partial charge in [0, 0.05) is 144 Å². The zero-order valence-electron chi connectivity index (χ0n) is 68.9. The first-order valence-electron chi connectivity index (χ1n) is 40.6. The second-order valence-corrected chi connectivity index (χ2v) is 30.8. The summed E-state index contributed by atoms with van der Waals surface area (Å²) in [4.78, 5) is 149. The number of hydrogen-bond acceptors (Lipinski definition) is 31. The Bertz CT molecular complexity index is 2830. The Morgan fingerprint density at radius 3 is 1.14 bits per heavy atom. The van der Waals surface area contributed by atoms with Crippen LogP contribution in [0.2, 0.25) is 0 Å². The molecule has 2 aliphatic heterocycles. The van der Waals surface area contributed by atoms with Crippen LogP contribution in [-0.2, 0) is 104 Å². The molecule has 118 heavy (non-hydrogen) atoms. The fourth-order valence-electron chi connectivity index (χ4n) is 11.8. The number of hydrogen-bond donors (Lipinski definition) is 21. The number of unbranched alkanes of at least 4 members (excludes halogenated alkanes) is 6. The van der Waals surface area contributed by atoms with Crippen LogP contribution < -0.4 is 58.5 Å². The molecule has 0 bridgehead atoms. The molecule has 2 saturated heterocycles. The average Bonchev–Trinajstić information content (AvgIpc) is 0.793. The molecule has 15 atom stereocenters. The van der Waals surface area contributed by atoms with E-state index >= 15 is 0 Å². The van der Waals surface area contributed by atoms with Crippen LogP contribution >= 0.6 is 7.60 Å². The quantitative estimate of drug-likeness (QED) is 0.0154. The first-order valence-corrected chi connectivity index (χ1v) is 42.6. The van der Waals surface area contributed by atoms with Crippen LogP contribution in [0.3, 0.4) is 0 Å². The number of nitrogens with one attached hydrogen (secondary N) is 11.